The monoisotopic (exact) mass is 410 g/mol. The third-order valence-electron chi connectivity index (χ3n) is 8.90. The maximum absolute atomic E-state index is 14.6. The Morgan fingerprint density at radius 3 is 2.50 bits per heavy atom. The van der Waals surface area contributed by atoms with Gasteiger partial charge in [0.15, 0.2) is 0 Å². The van der Waals surface area contributed by atoms with Crippen molar-refractivity contribution in [1.82, 2.24) is 0 Å². The van der Waals surface area contributed by atoms with E-state index in [1.807, 2.05) is 12.1 Å². The van der Waals surface area contributed by atoms with Gasteiger partial charge in [0.1, 0.15) is 5.82 Å². The minimum absolute atomic E-state index is 0.0151. The molecule has 30 heavy (non-hydrogen) atoms. The fraction of sp³-hybridized carbons (Fsp3) is 0.724. The smallest absolute Gasteiger partial charge is 0.126 e. The van der Waals surface area contributed by atoms with Crippen LogP contribution in [0.15, 0.2) is 24.8 Å². The molecule has 1 aromatic carbocycles. The van der Waals surface area contributed by atoms with Crippen LogP contribution in [0.3, 0.4) is 0 Å². The first-order valence-electron chi connectivity index (χ1n) is 13.1. The van der Waals surface area contributed by atoms with Crippen LogP contribution >= 0.6 is 0 Å². The number of rotatable bonds is 8. The second kappa shape index (κ2) is 10.5. The Balaban J connectivity index is 1.32. The quantitative estimate of drug-likeness (QED) is 0.298. The molecule has 1 heteroatoms. The Kier molecular flexibility index (Phi) is 7.71. The van der Waals surface area contributed by atoms with Gasteiger partial charge in [0.2, 0.25) is 0 Å². The molecule has 166 valence electrons. The summed E-state index contributed by atoms with van der Waals surface area (Å²) in [6.07, 6.45) is 21.7. The third-order valence-corrected chi connectivity index (χ3v) is 8.90. The Bertz CT molecular complexity index is 705. The Morgan fingerprint density at radius 1 is 0.933 bits per heavy atom. The number of halogens is 1. The number of allylic oxidation sites excluding steroid dienone is 1. The van der Waals surface area contributed by atoms with Crippen LogP contribution in [-0.2, 0) is 19.3 Å². The van der Waals surface area contributed by atoms with E-state index >= 15 is 0 Å². The largest absolute Gasteiger partial charge is 0.207 e. The highest BCUT2D eigenvalue weighted by atomic mass is 19.1. The van der Waals surface area contributed by atoms with Gasteiger partial charge in [-0.3, -0.25) is 0 Å². The Hall–Kier alpha value is -1.11. The summed E-state index contributed by atoms with van der Waals surface area (Å²) < 4.78 is 14.6. The summed E-state index contributed by atoms with van der Waals surface area (Å²) in [4.78, 5) is 0. The second-order valence-corrected chi connectivity index (χ2v) is 10.8. The summed E-state index contributed by atoms with van der Waals surface area (Å²) in [6, 6.07) is 4.05. The SMILES string of the molecule is C=CCCc1cc2c(cc1F)CC(C1CCC3CC(CCCCC)CCC3C1)CC2. The van der Waals surface area contributed by atoms with Gasteiger partial charge >= 0.3 is 0 Å². The van der Waals surface area contributed by atoms with Crippen molar-refractivity contribution in [2.45, 2.75) is 103 Å². The molecule has 2 saturated carbocycles. The molecule has 0 spiro atoms. The minimum Gasteiger partial charge on any atom is -0.207 e. The molecule has 0 saturated heterocycles. The highest BCUT2D eigenvalue weighted by Crippen LogP contribution is 2.49. The first kappa shape index (κ1) is 22.1. The fourth-order valence-corrected chi connectivity index (χ4v) is 7.11. The molecule has 5 unspecified atom stereocenters. The summed E-state index contributed by atoms with van der Waals surface area (Å²) in [5.74, 6) is 4.72. The van der Waals surface area contributed by atoms with Gasteiger partial charge in [-0.1, -0.05) is 51.2 Å². The molecule has 0 aromatic heterocycles. The average molecular weight is 411 g/mol. The van der Waals surface area contributed by atoms with Crippen molar-refractivity contribution < 1.29 is 4.39 Å². The maximum Gasteiger partial charge on any atom is 0.126 e. The number of fused-ring (bicyclic) bond motifs is 2. The highest BCUT2D eigenvalue weighted by molar-refractivity contribution is 5.35. The lowest BCUT2D eigenvalue weighted by Crippen LogP contribution is -2.35. The molecule has 0 N–H and O–H groups in total. The van der Waals surface area contributed by atoms with Crippen LogP contribution in [0.25, 0.3) is 0 Å². The molecule has 0 radical (unpaired) electrons. The predicted octanol–water partition coefficient (Wildman–Crippen LogP) is 8.46. The lowest BCUT2D eigenvalue weighted by molar-refractivity contribution is 0.0690. The summed E-state index contributed by atoms with van der Waals surface area (Å²) in [5.41, 5.74) is 3.63. The third kappa shape index (κ3) is 5.20. The van der Waals surface area contributed by atoms with E-state index in [9.17, 15) is 4.39 Å². The molecule has 1 aromatic rings. The van der Waals surface area contributed by atoms with E-state index in [4.69, 9.17) is 0 Å². The molecule has 0 aliphatic heterocycles. The molecule has 2 fully saturated rings. The van der Waals surface area contributed by atoms with Gasteiger partial charge in [-0.25, -0.2) is 4.39 Å². The zero-order valence-electron chi connectivity index (χ0n) is 19.3. The van der Waals surface area contributed by atoms with E-state index in [1.54, 1.807) is 0 Å². The van der Waals surface area contributed by atoms with Gasteiger partial charge in [-0.2, -0.15) is 0 Å². The van der Waals surface area contributed by atoms with Gasteiger partial charge in [0, 0.05) is 0 Å². The molecule has 4 rings (SSSR count). The van der Waals surface area contributed by atoms with Crippen LogP contribution in [0.4, 0.5) is 4.39 Å². The highest BCUT2D eigenvalue weighted by Gasteiger charge is 2.38. The van der Waals surface area contributed by atoms with Crippen LogP contribution in [0.1, 0.15) is 101 Å². The normalized spacial score (nSPS) is 31.1. The zero-order valence-corrected chi connectivity index (χ0v) is 19.3. The molecule has 0 nitrogen and oxygen atoms in total. The van der Waals surface area contributed by atoms with Crippen molar-refractivity contribution in [3.63, 3.8) is 0 Å². The van der Waals surface area contributed by atoms with Crippen molar-refractivity contribution >= 4 is 0 Å². The van der Waals surface area contributed by atoms with Crippen molar-refractivity contribution in [3.8, 4) is 0 Å². The van der Waals surface area contributed by atoms with Gasteiger partial charge < -0.3 is 0 Å². The summed E-state index contributed by atoms with van der Waals surface area (Å²) in [7, 11) is 0. The second-order valence-electron chi connectivity index (χ2n) is 10.8. The maximum atomic E-state index is 14.6. The van der Waals surface area contributed by atoms with Crippen LogP contribution in [0.2, 0.25) is 0 Å². The average Bonchev–Trinajstić information content (AvgIpc) is 2.77. The summed E-state index contributed by atoms with van der Waals surface area (Å²) in [5, 5.41) is 0. The van der Waals surface area contributed by atoms with Gasteiger partial charge in [-0.15, -0.1) is 6.58 Å². The molecular formula is C29H43F. The van der Waals surface area contributed by atoms with Crippen LogP contribution < -0.4 is 0 Å². The summed E-state index contributed by atoms with van der Waals surface area (Å²) >= 11 is 0. The number of hydrogen-bond donors (Lipinski definition) is 0. The van der Waals surface area contributed by atoms with E-state index in [-0.39, 0.29) is 5.82 Å². The molecule has 3 aliphatic carbocycles. The van der Waals surface area contributed by atoms with E-state index < -0.39 is 0 Å². The standard InChI is InChI=1S/C29H43F/c1-3-5-7-8-21-10-11-23-17-24(13-12-22(23)16-21)25-14-15-26-18-27(9-6-4-2)29(30)20-28(26)19-25/h4,18,20-25H,2-3,5-17,19H2,1H3. The van der Waals surface area contributed by atoms with E-state index in [1.165, 1.54) is 81.8 Å². The number of hydrogen-bond acceptors (Lipinski definition) is 0. The molecule has 0 amide bonds. The minimum atomic E-state index is 0.0151. The number of unbranched alkanes of at least 4 members (excludes halogenated alkanes) is 2. The lowest BCUT2D eigenvalue weighted by atomic mass is 9.60. The van der Waals surface area contributed by atoms with Crippen molar-refractivity contribution in [3.05, 3.63) is 47.3 Å². The Labute approximate surface area is 184 Å². The number of aryl methyl sites for hydroxylation is 2. The van der Waals surface area contributed by atoms with E-state index in [2.05, 4.69) is 19.6 Å². The molecule has 0 bridgehead atoms. The van der Waals surface area contributed by atoms with Crippen LogP contribution in [-0.4, -0.2) is 0 Å². The first-order chi connectivity index (χ1) is 14.7. The summed E-state index contributed by atoms with van der Waals surface area (Å²) in [6.45, 7) is 6.10. The van der Waals surface area contributed by atoms with Crippen LogP contribution in [0.5, 0.6) is 0 Å². The molecular weight excluding hydrogens is 367 g/mol. The molecule has 3 aliphatic rings. The zero-order chi connectivity index (χ0) is 20.9. The first-order valence-corrected chi connectivity index (χ1v) is 13.1. The van der Waals surface area contributed by atoms with Crippen molar-refractivity contribution in [1.29, 1.82) is 0 Å². The van der Waals surface area contributed by atoms with Gasteiger partial charge in [0.05, 0.1) is 0 Å². The fourth-order valence-electron chi connectivity index (χ4n) is 7.11. The van der Waals surface area contributed by atoms with Gasteiger partial charge in [0.25, 0.3) is 0 Å². The Morgan fingerprint density at radius 2 is 1.70 bits per heavy atom. The topological polar surface area (TPSA) is 0 Å². The van der Waals surface area contributed by atoms with Crippen LogP contribution in [0, 0.1) is 35.4 Å². The number of benzene rings is 1. The molecule has 5 atom stereocenters. The lowest BCUT2D eigenvalue weighted by Gasteiger charge is -2.45. The van der Waals surface area contributed by atoms with E-state index in [0.717, 1.165) is 60.8 Å². The van der Waals surface area contributed by atoms with Crippen molar-refractivity contribution in [2.24, 2.45) is 29.6 Å². The van der Waals surface area contributed by atoms with Crippen molar-refractivity contribution in [2.75, 3.05) is 0 Å². The molecule has 0 heterocycles. The van der Waals surface area contributed by atoms with E-state index in [0.29, 0.717) is 0 Å². The van der Waals surface area contributed by atoms with Gasteiger partial charge in [-0.05, 0) is 117 Å². The predicted molar refractivity (Wildman–Crippen MR) is 126 cm³/mol.